The number of esters is 1. The molecule has 0 bridgehead atoms. The van der Waals surface area contributed by atoms with Gasteiger partial charge in [0.2, 0.25) is 12.1 Å². The molecule has 2 saturated heterocycles. The molecule has 0 saturated carbocycles. The minimum Gasteiger partial charge on any atom is -0.507 e. The number of Topliss-reactive ketones (excluding diaryl/α,β-unsaturated/α-hetero) is 1. The minimum atomic E-state index is -2.41. The molecule has 2 amide bonds. The van der Waals surface area contributed by atoms with Crippen LogP contribution in [0.15, 0.2) is 42.5 Å². The van der Waals surface area contributed by atoms with Crippen molar-refractivity contribution < 1.29 is 103 Å². The van der Waals surface area contributed by atoms with E-state index >= 15 is 0 Å². The average molecular weight is 927 g/mol. The van der Waals surface area contributed by atoms with E-state index in [1.807, 2.05) is 0 Å². The lowest BCUT2D eigenvalue weighted by Gasteiger charge is -2.42. The highest BCUT2D eigenvalue weighted by atomic mass is 16.7. The van der Waals surface area contributed by atoms with Crippen molar-refractivity contribution in [3.8, 4) is 17.2 Å². The van der Waals surface area contributed by atoms with Crippen molar-refractivity contribution in [2.24, 2.45) is 0 Å². The summed E-state index contributed by atoms with van der Waals surface area (Å²) in [5.74, 6) is -5.45. The Kier molecular flexibility index (Phi) is 13.7. The van der Waals surface area contributed by atoms with Gasteiger partial charge in [-0.2, -0.15) is 0 Å². The predicted octanol–water partition coefficient (Wildman–Crippen LogP) is -0.502. The first-order chi connectivity index (χ1) is 31.3. The lowest BCUT2D eigenvalue weighted by molar-refractivity contribution is -0.278. The molecule has 0 spiro atoms. The maximum absolute atomic E-state index is 14.0. The van der Waals surface area contributed by atoms with Gasteiger partial charge in [-0.3, -0.25) is 19.7 Å². The summed E-state index contributed by atoms with van der Waals surface area (Å²) in [5.41, 5.74) is -3.85. The molecule has 2 aliphatic heterocycles. The van der Waals surface area contributed by atoms with Crippen LogP contribution < -0.4 is 15.4 Å². The van der Waals surface area contributed by atoms with Crippen LogP contribution in [-0.4, -0.2) is 158 Å². The van der Waals surface area contributed by atoms with E-state index in [0.717, 1.165) is 7.11 Å². The van der Waals surface area contributed by atoms with Crippen molar-refractivity contribution in [2.75, 3.05) is 26.1 Å². The molecule has 2 aliphatic carbocycles. The summed E-state index contributed by atoms with van der Waals surface area (Å²) in [6.07, 6.45) is -18.4. The summed E-state index contributed by atoms with van der Waals surface area (Å²) < 4.78 is 37.3. The number of alkyl carbamates (subject to hydrolysis) is 1. The molecule has 0 radical (unpaired) electrons. The second kappa shape index (κ2) is 18.9. The van der Waals surface area contributed by atoms with Crippen LogP contribution in [0.5, 0.6) is 17.2 Å². The van der Waals surface area contributed by atoms with Crippen molar-refractivity contribution in [3.05, 3.63) is 81.4 Å². The first-order valence-corrected chi connectivity index (χ1v) is 20.3. The van der Waals surface area contributed by atoms with Gasteiger partial charge >= 0.3 is 18.2 Å². The zero-order valence-electron chi connectivity index (χ0n) is 35.2. The molecule has 3 aromatic carbocycles. The van der Waals surface area contributed by atoms with Crippen molar-refractivity contribution in [1.82, 2.24) is 5.32 Å². The Morgan fingerprint density at radius 3 is 2.21 bits per heavy atom. The van der Waals surface area contributed by atoms with Gasteiger partial charge in [0, 0.05) is 41.6 Å². The van der Waals surface area contributed by atoms with Crippen LogP contribution in [0.2, 0.25) is 0 Å². The highest BCUT2D eigenvalue weighted by molar-refractivity contribution is 6.31. The van der Waals surface area contributed by atoms with E-state index in [4.69, 9.17) is 28.4 Å². The Morgan fingerprint density at radius 2 is 1.55 bits per heavy atom. The van der Waals surface area contributed by atoms with Crippen molar-refractivity contribution in [2.45, 2.75) is 99.7 Å². The summed E-state index contributed by atoms with van der Waals surface area (Å²) in [6, 6.07) is 8.83. The molecular weight excluding hydrogens is 880 g/mol. The molecule has 10 unspecified atom stereocenters. The third kappa shape index (κ3) is 8.87. The molecule has 23 nitrogen and oxygen atoms in total. The Labute approximate surface area is 373 Å². The maximum atomic E-state index is 14.0. The van der Waals surface area contributed by atoms with E-state index in [2.05, 4.69) is 15.4 Å². The summed E-state index contributed by atoms with van der Waals surface area (Å²) >= 11 is 0. The van der Waals surface area contributed by atoms with Crippen LogP contribution in [0.4, 0.5) is 15.3 Å². The number of aliphatic hydroxyl groups is 6. The fraction of sp³-hybridized carbons (Fsp3) is 0.442. The number of carbonyl (C=O) groups is 6. The molecule has 2 heterocycles. The fourth-order valence-electron chi connectivity index (χ4n) is 8.39. The lowest BCUT2D eigenvalue weighted by Crippen LogP contribution is -2.61. The number of ether oxygens (including phenoxy) is 7. The van der Waals surface area contributed by atoms with Gasteiger partial charge in [0.15, 0.2) is 24.0 Å². The van der Waals surface area contributed by atoms with Crippen LogP contribution in [-0.2, 0) is 51.0 Å². The number of hydrogen-bond acceptors (Lipinski definition) is 21. The summed E-state index contributed by atoms with van der Waals surface area (Å²) in [4.78, 5) is 78.2. The van der Waals surface area contributed by atoms with Crippen molar-refractivity contribution in [1.29, 1.82) is 0 Å². The number of anilines is 1. The molecule has 10 N–H and O–H groups in total. The molecule has 4 aliphatic rings. The Bertz CT molecular complexity index is 2430. The second-order valence-corrected chi connectivity index (χ2v) is 16.0. The van der Waals surface area contributed by atoms with Crippen LogP contribution in [0.1, 0.15) is 74.4 Å². The predicted molar refractivity (Wildman–Crippen MR) is 216 cm³/mol. The number of phenolic OH excluding ortho intramolecular Hbond substituents is 2. The van der Waals surface area contributed by atoms with E-state index in [1.54, 1.807) is 0 Å². The first-order valence-electron chi connectivity index (χ1n) is 20.3. The van der Waals surface area contributed by atoms with Gasteiger partial charge in [0.05, 0.1) is 49.2 Å². The monoisotopic (exact) mass is 926 g/mol. The van der Waals surface area contributed by atoms with Crippen LogP contribution in [0.3, 0.4) is 0 Å². The van der Waals surface area contributed by atoms with Crippen molar-refractivity contribution in [3.63, 3.8) is 0 Å². The second-order valence-electron chi connectivity index (χ2n) is 16.0. The van der Waals surface area contributed by atoms with Gasteiger partial charge in [-0.05, 0) is 30.7 Å². The number of phenols is 2. The van der Waals surface area contributed by atoms with E-state index in [0.29, 0.717) is 5.56 Å². The van der Waals surface area contributed by atoms with E-state index in [1.165, 1.54) is 56.5 Å². The normalized spacial score (nSPS) is 29.0. The molecule has 66 heavy (non-hydrogen) atoms. The molecular formula is C43H46N2O21. The number of carbonyl (C=O) groups excluding carboxylic acids is 6. The number of aliphatic hydroxyl groups excluding tert-OH is 5. The van der Waals surface area contributed by atoms with Gasteiger partial charge in [-0.1, -0.05) is 24.3 Å². The smallest absolute Gasteiger partial charge is 0.414 e. The number of methoxy groups -OCH3 is 2. The number of benzene rings is 3. The highest BCUT2D eigenvalue weighted by Gasteiger charge is 2.51. The minimum absolute atomic E-state index is 0.0215. The first kappa shape index (κ1) is 47.7. The number of rotatable bonds is 11. The van der Waals surface area contributed by atoms with Gasteiger partial charge in [0.1, 0.15) is 60.5 Å². The van der Waals surface area contributed by atoms with Crippen LogP contribution >= 0.6 is 0 Å². The summed E-state index contributed by atoms with van der Waals surface area (Å²) in [6.45, 7) is 0.0118. The highest BCUT2D eigenvalue weighted by Crippen LogP contribution is 2.52. The van der Waals surface area contributed by atoms with Crippen LogP contribution in [0, 0.1) is 0 Å². The standard InChI is InChI=1S/C43H46N2O21/c1-16-30(48)21(45-41(57)62-15-17-7-9-18(10-8-17)44-42(58)66-40-37(55)35(53)36(54)38(65-40)39(56)61-3)11-25(63-16)64-23-13-43(59,24(47)14-46)12-20-27(23)34(52)29-28(32(20)50)31(49)19-5-4-6-22(60-2)26(19)33(29)51/h4-10,16,21,23,25,30,35-38,40,46,48,50,52-55,59H,11-15H2,1-3H3,(H,44,58)(H,45,57)/t16?,21?,23?,25?,30?,35?,36?,37?,38?,40?,43-/m0/s1. The van der Waals surface area contributed by atoms with Gasteiger partial charge < -0.3 is 79.3 Å². The summed E-state index contributed by atoms with van der Waals surface area (Å²) in [7, 11) is 2.28. The number of ketones is 3. The summed E-state index contributed by atoms with van der Waals surface area (Å²) in [5, 5.41) is 90.9. The zero-order valence-corrected chi connectivity index (χ0v) is 35.2. The Balaban J connectivity index is 1.02. The Morgan fingerprint density at radius 1 is 0.848 bits per heavy atom. The largest absolute Gasteiger partial charge is 0.507 e. The third-order valence-corrected chi connectivity index (χ3v) is 11.9. The zero-order chi connectivity index (χ0) is 47.9. The molecule has 2 fully saturated rings. The molecule has 3 aromatic rings. The average Bonchev–Trinajstić information content (AvgIpc) is 3.29. The molecule has 7 rings (SSSR count). The SMILES string of the molecule is COC(=O)C1OC(OC(=O)Nc2ccc(COC(=O)NC3CC(OC4C[C@](O)(C(=O)CO)Cc5c(O)c6c(c(O)c54)C(=O)c4c(OC)cccc4C6=O)OC(C)C3O)cc2)C(O)C(O)C1O. The molecule has 23 heteroatoms. The van der Waals surface area contributed by atoms with Crippen LogP contribution in [0.25, 0.3) is 0 Å². The molecule has 354 valence electrons. The topological polar surface area (TPSA) is 353 Å². The quantitative estimate of drug-likeness (QED) is 0.0515. The Hall–Kier alpha value is -6.28. The van der Waals surface area contributed by atoms with E-state index < -0.39 is 145 Å². The number of aromatic hydroxyl groups is 2. The molecule has 11 atom stereocenters. The lowest BCUT2D eigenvalue weighted by atomic mass is 9.72. The number of hydrogen-bond donors (Lipinski definition) is 10. The third-order valence-electron chi connectivity index (χ3n) is 11.9. The van der Waals surface area contributed by atoms with Gasteiger partial charge in [-0.15, -0.1) is 0 Å². The fourth-order valence-corrected chi connectivity index (χ4v) is 8.39. The number of amides is 2. The number of fused-ring (bicyclic) bond motifs is 3. The van der Waals surface area contributed by atoms with Gasteiger partial charge in [-0.25, -0.2) is 14.4 Å². The number of nitrogens with one attached hydrogen (secondary N) is 2. The van der Waals surface area contributed by atoms with E-state index in [9.17, 15) is 69.6 Å². The van der Waals surface area contributed by atoms with Crippen molar-refractivity contribution >= 4 is 41.2 Å². The van der Waals surface area contributed by atoms with E-state index in [-0.39, 0.29) is 46.7 Å². The maximum Gasteiger partial charge on any atom is 0.414 e. The van der Waals surface area contributed by atoms with Gasteiger partial charge in [0.25, 0.3) is 0 Å². The molecule has 0 aromatic heterocycles.